The summed E-state index contributed by atoms with van der Waals surface area (Å²) in [5, 5.41) is 8.54. The molecule has 1 aliphatic rings. The van der Waals surface area contributed by atoms with E-state index in [2.05, 4.69) is 0 Å². The second-order valence-electron chi connectivity index (χ2n) is 3.32. The highest BCUT2D eigenvalue weighted by Crippen LogP contribution is 2.04. The molecule has 1 N–H and O–H groups in total. The summed E-state index contributed by atoms with van der Waals surface area (Å²) in [6.45, 7) is 0.851. The Hall–Kier alpha value is -1.16. The van der Waals surface area contributed by atoms with E-state index in [9.17, 15) is 9.59 Å². The number of nitrogens with zero attached hydrogens (tertiary/aromatic N) is 1. The number of amides is 1. The van der Waals surface area contributed by atoms with Crippen LogP contribution in [0.15, 0.2) is 12.2 Å². The number of aliphatic hydroxyl groups excluding tert-OH is 1. The molecule has 0 aliphatic carbocycles. The Morgan fingerprint density at radius 2 is 2.29 bits per heavy atom. The van der Waals surface area contributed by atoms with Crippen LogP contribution in [-0.2, 0) is 9.59 Å². The second-order valence-corrected chi connectivity index (χ2v) is 3.32. The molecule has 0 fully saturated rings. The lowest BCUT2D eigenvalue weighted by molar-refractivity contribution is -0.134. The van der Waals surface area contributed by atoms with Crippen LogP contribution in [0.5, 0.6) is 0 Å². The topological polar surface area (TPSA) is 57.6 Å². The number of carbonyl (C=O) groups is 2. The fraction of sp³-hybridized carbons (Fsp3) is 0.600. The number of carbonyl (C=O) groups excluding carboxylic acids is 2. The predicted molar refractivity (Wildman–Crippen MR) is 51.7 cm³/mol. The largest absolute Gasteiger partial charge is 0.396 e. The van der Waals surface area contributed by atoms with E-state index in [0.717, 1.165) is 0 Å². The average Bonchev–Trinajstić information content (AvgIpc) is 2.18. The molecule has 0 spiro atoms. The molecule has 0 bridgehead atoms. The lowest BCUT2D eigenvalue weighted by Gasteiger charge is -2.22. The first-order valence-corrected chi connectivity index (χ1v) is 4.82. The Kier molecular flexibility index (Phi) is 4.32. The van der Waals surface area contributed by atoms with E-state index in [-0.39, 0.29) is 24.8 Å². The molecule has 4 nitrogen and oxygen atoms in total. The van der Waals surface area contributed by atoms with E-state index >= 15 is 0 Å². The van der Waals surface area contributed by atoms with E-state index in [1.54, 1.807) is 11.0 Å². The molecule has 78 valence electrons. The summed E-state index contributed by atoms with van der Waals surface area (Å²) in [6, 6.07) is 0. The number of unbranched alkanes of at least 4 members (excludes halogenated alkanes) is 1. The van der Waals surface area contributed by atoms with Crippen molar-refractivity contribution >= 4 is 11.7 Å². The maximum Gasteiger partial charge on any atom is 0.223 e. The van der Waals surface area contributed by atoms with Crippen LogP contribution < -0.4 is 0 Å². The lowest BCUT2D eigenvalue weighted by atomic mass is 10.2. The van der Waals surface area contributed by atoms with Gasteiger partial charge in [0, 0.05) is 19.6 Å². The maximum atomic E-state index is 11.5. The molecule has 1 heterocycles. The van der Waals surface area contributed by atoms with Gasteiger partial charge in [0.15, 0.2) is 5.78 Å². The van der Waals surface area contributed by atoms with Gasteiger partial charge in [0.25, 0.3) is 0 Å². The Morgan fingerprint density at radius 1 is 1.50 bits per heavy atom. The van der Waals surface area contributed by atoms with Crippen LogP contribution in [0, 0.1) is 0 Å². The highest BCUT2D eigenvalue weighted by Gasteiger charge is 2.16. The van der Waals surface area contributed by atoms with Gasteiger partial charge in [-0.25, -0.2) is 0 Å². The molecular formula is C10H15NO3. The van der Waals surface area contributed by atoms with Crippen molar-refractivity contribution in [1.82, 2.24) is 4.90 Å². The van der Waals surface area contributed by atoms with Crippen molar-refractivity contribution in [3.8, 4) is 0 Å². The van der Waals surface area contributed by atoms with Crippen molar-refractivity contribution in [1.29, 1.82) is 0 Å². The van der Waals surface area contributed by atoms with Gasteiger partial charge in [0.2, 0.25) is 5.91 Å². The number of hydrogen-bond donors (Lipinski definition) is 1. The van der Waals surface area contributed by atoms with Gasteiger partial charge in [-0.15, -0.1) is 0 Å². The summed E-state index contributed by atoms with van der Waals surface area (Å²) < 4.78 is 0. The van der Waals surface area contributed by atoms with Crippen LogP contribution in [0.2, 0.25) is 0 Å². The molecule has 0 radical (unpaired) electrons. The zero-order valence-electron chi connectivity index (χ0n) is 8.11. The first kappa shape index (κ1) is 10.9. The van der Waals surface area contributed by atoms with Crippen molar-refractivity contribution in [3.05, 3.63) is 12.2 Å². The predicted octanol–water partition coefficient (Wildman–Crippen LogP) is 0.116. The van der Waals surface area contributed by atoms with Crippen LogP contribution in [0.4, 0.5) is 0 Å². The van der Waals surface area contributed by atoms with Gasteiger partial charge in [-0.3, -0.25) is 9.59 Å². The summed E-state index contributed by atoms with van der Waals surface area (Å²) >= 11 is 0. The summed E-state index contributed by atoms with van der Waals surface area (Å²) in [4.78, 5) is 24.0. The quantitative estimate of drug-likeness (QED) is 0.651. The molecule has 4 heteroatoms. The minimum Gasteiger partial charge on any atom is -0.396 e. The third kappa shape index (κ3) is 3.30. The maximum absolute atomic E-state index is 11.5. The lowest BCUT2D eigenvalue weighted by Crippen LogP contribution is -2.37. The summed E-state index contributed by atoms with van der Waals surface area (Å²) in [5.41, 5.74) is 0. The molecule has 1 aliphatic heterocycles. The number of ketones is 1. The molecule has 1 rings (SSSR count). The van der Waals surface area contributed by atoms with E-state index in [1.165, 1.54) is 6.08 Å². The molecule has 0 aromatic rings. The summed E-state index contributed by atoms with van der Waals surface area (Å²) in [7, 11) is 0. The van der Waals surface area contributed by atoms with Gasteiger partial charge in [0.1, 0.15) is 0 Å². The molecule has 1 amide bonds. The first-order chi connectivity index (χ1) is 6.74. The van der Waals surface area contributed by atoms with Crippen molar-refractivity contribution in [3.63, 3.8) is 0 Å². The van der Waals surface area contributed by atoms with E-state index in [0.29, 0.717) is 25.8 Å². The number of rotatable bonds is 4. The van der Waals surface area contributed by atoms with Crippen molar-refractivity contribution < 1.29 is 14.7 Å². The van der Waals surface area contributed by atoms with Gasteiger partial charge in [-0.1, -0.05) is 6.08 Å². The highest BCUT2D eigenvalue weighted by atomic mass is 16.3. The minimum atomic E-state index is -0.0215. The molecule has 14 heavy (non-hydrogen) atoms. The first-order valence-electron chi connectivity index (χ1n) is 4.82. The number of aliphatic hydroxyl groups is 1. The fourth-order valence-electron chi connectivity index (χ4n) is 1.35. The average molecular weight is 197 g/mol. The van der Waals surface area contributed by atoms with Gasteiger partial charge >= 0.3 is 0 Å². The molecule has 0 saturated carbocycles. The zero-order valence-corrected chi connectivity index (χ0v) is 8.11. The molecule has 0 saturated heterocycles. The highest BCUT2D eigenvalue weighted by molar-refractivity contribution is 5.95. The Bertz CT molecular complexity index is 248. The Morgan fingerprint density at radius 3 is 2.93 bits per heavy atom. The summed E-state index contributed by atoms with van der Waals surface area (Å²) in [5.74, 6) is -0.0251. The standard InChI is InChI=1S/C10H15NO3/c12-7-2-1-5-10(14)11-6-3-4-9(13)8-11/h3-4,12H,1-2,5-8H2. The van der Waals surface area contributed by atoms with Crippen LogP contribution in [0.1, 0.15) is 19.3 Å². The van der Waals surface area contributed by atoms with Crippen molar-refractivity contribution in [2.24, 2.45) is 0 Å². The van der Waals surface area contributed by atoms with Crippen LogP contribution in [0.25, 0.3) is 0 Å². The monoisotopic (exact) mass is 197 g/mol. The number of hydrogen-bond acceptors (Lipinski definition) is 3. The molecule has 0 atom stereocenters. The van der Waals surface area contributed by atoms with E-state index in [4.69, 9.17) is 5.11 Å². The normalized spacial score (nSPS) is 16.1. The van der Waals surface area contributed by atoms with Crippen LogP contribution >= 0.6 is 0 Å². The SMILES string of the molecule is O=C1C=CCN(C(=O)CCCCO)C1. The fourth-order valence-corrected chi connectivity index (χ4v) is 1.35. The van der Waals surface area contributed by atoms with Crippen LogP contribution in [0.3, 0.4) is 0 Å². The Labute approximate surface area is 83.2 Å². The van der Waals surface area contributed by atoms with Crippen molar-refractivity contribution in [2.75, 3.05) is 19.7 Å². The smallest absolute Gasteiger partial charge is 0.223 e. The molecule has 0 aromatic carbocycles. The van der Waals surface area contributed by atoms with Gasteiger partial charge in [-0.05, 0) is 18.9 Å². The second kappa shape index (κ2) is 5.54. The third-order valence-corrected chi connectivity index (χ3v) is 2.13. The third-order valence-electron chi connectivity index (χ3n) is 2.13. The van der Waals surface area contributed by atoms with Crippen LogP contribution in [-0.4, -0.2) is 41.4 Å². The van der Waals surface area contributed by atoms with E-state index < -0.39 is 0 Å². The summed E-state index contributed by atoms with van der Waals surface area (Å²) in [6.07, 6.45) is 4.96. The van der Waals surface area contributed by atoms with Gasteiger partial charge in [-0.2, -0.15) is 0 Å². The minimum absolute atomic E-state index is 0.00356. The van der Waals surface area contributed by atoms with E-state index in [1.807, 2.05) is 0 Å². The Balaban J connectivity index is 2.30. The molecular weight excluding hydrogens is 182 g/mol. The van der Waals surface area contributed by atoms with Crippen molar-refractivity contribution in [2.45, 2.75) is 19.3 Å². The molecule has 0 aromatic heterocycles. The zero-order chi connectivity index (χ0) is 10.4. The molecule has 0 unspecified atom stereocenters. The van der Waals surface area contributed by atoms with Gasteiger partial charge < -0.3 is 10.0 Å². The van der Waals surface area contributed by atoms with Gasteiger partial charge in [0.05, 0.1) is 6.54 Å².